The molecule has 0 amide bonds. The zero-order chi connectivity index (χ0) is 17.7. The number of esters is 1. The Bertz CT molecular complexity index is 397. The molecule has 5 heteroatoms. The third kappa shape index (κ3) is 6.01. The van der Waals surface area contributed by atoms with Gasteiger partial charge >= 0.3 is 5.97 Å². The third-order valence-corrected chi connectivity index (χ3v) is 5.59. The van der Waals surface area contributed by atoms with Gasteiger partial charge in [0.15, 0.2) is 0 Å². The molecule has 0 bridgehead atoms. The Morgan fingerprint density at radius 3 is 2.58 bits per heavy atom. The fourth-order valence-corrected chi connectivity index (χ4v) is 3.48. The molecule has 1 saturated heterocycles. The van der Waals surface area contributed by atoms with E-state index in [0.29, 0.717) is 50.3 Å². The smallest absolute Gasteiger partial charge is 0.309 e. The number of hydrogen-bond acceptors (Lipinski definition) is 5. The highest BCUT2D eigenvalue weighted by Crippen LogP contribution is 2.31. The highest BCUT2D eigenvalue weighted by atomic mass is 16.6. The van der Waals surface area contributed by atoms with Crippen molar-refractivity contribution in [3.05, 3.63) is 0 Å². The van der Waals surface area contributed by atoms with Crippen molar-refractivity contribution in [3.8, 4) is 0 Å². The molecule has 1 saturated carbocycles. The standard InChI is InChI=1S/C19H34O5/c1-12(2)15(9-18-14(4)24-18)11-22-7-8-23-19(21)17-10-16(20)6-5-13(17)3/h12-18,20H,5-11H2,1-4H3. The van der Waals surface area contributed by atoms with Gasteiger partial charge in [-0.05, 0) is 50.4 Å². The quantitative estimate of drug-likeness (QED) is 0.396. The van der Waals surface area contributed by atoms with Crippen molar-refractivity contribution in [3.63, 3.8) is 0 Å². The molecule has 140 valence electrons. The summed E-state index contributed by atoms with van der Waals surface area (Å²) in [7, 11) is 0. The van der Waals surface area contributed by atoms with E-state index in [2.05, 4.69) is 27.7 Å². The first kappa shape index (κ1) is 19.7. The summed E-state index contributed by atoms with van der Waals surface area (Å²) in [6, 6.07) is 0. The lowest BCUT2D eigenvalue weighted by Gasteiger charge is -2.30. The maximum Gasteiger partial charge on any atom is 0.309 e. The first-order valence-corrected chi connectivity index (χ1v) is 9.46. The molecule has 1 aliphatic carbocycles. The summed E-state index contributed by atoms with van der Waals surface area (Å²) >= 11 is 0. The minimum Gasteiger partial charge on any atom is -0.463 e. The molecule has 0 aromatic heterocycles. The molecule has 0 aromatic carbocycles. The van der Waals surface area contributed by atoms with Gasteiger partial charge in [-0.15, -0.1) is 0 Å². The summed E-state index contributed by atoms with van der Waals surface area (Å²) < 4.78 is 16.6. The van der Waals surface area contributed by atoms with E-state index in [1.165, 1.54) is 0 Å². The van der Waals surface area contributed by atoms with Crippen molar-refractivity contribution in [2.45, 2.75) is 71.7 Å². The van der Waals surface area contributed by atoms with Crippen LogP contribution in [0.5, 0.6) is 0 Å². The minimum atomic E-state index is -0.367. The number of epoxide rings is 1. The van der Waals surface area contributed by atoms with Crippen LogP contribution in [0.2, 0.25) is 0 Å². The molecule has 2 rings (SSSR count). The van der Waals surface area contributed by atoms with Gasteiger partial charge in [-0.2, -0.15) is 0 Å². The Hall–Kier alpha value is -0.650. The Morgan fingerprint density at radius 2 is 1.96 bits per heavy atom. The van der Waals surface area contributed by atoms with Crippen LogP contribution in [0.4, 0.5) is 0 Å². The van der Waals surface area contributed by atoms with Crippen molar-refractivity contribution in [1.82, 2.24) is 0 Å². The zero-order valence-electron chi connectivity index (χ0n) is 15.6. The largest absolute Gasteiger partial charge is 0.463 e. The summed E-state index contributed by atoms with van der Waals surface area (Å²) in [6.07, 6.45) is 3.64. The SMILES string of the molecule is CC(C)C(COCCOC(=O)C1CC(O)CCC1C)CC1OC1C. The molecule has 2 aliphatic rings. The van der Waals surface area contributed by atoms with Gasteiger partial charge in [0.1, 0.15) is 6.61 Å². The van der Waals surface area contributed by atoms with Crippen LogP contribution >= 0.6 is 0 Å². The number of aliphatic hydroxyl groups is 1. The average molecular weight is 342 g/mol. The van der Waals surface area contributed by atoms with E-state index in [0.717, 1.165) is 19.3 Å². The van der Waals surface area contributed by atoms with E-state index < -0.39 is 0 Å². The summed E-state index contributed by atoms with van der Waals surface area (Å²) in [4.78, 5) is 12.1. The lowest BCUT2D eigenvalue weighted by Crippen LogP contribution is -2.33. The molecule has 6 unspecified atom stereocenters. The minimum absolute atomic E-state index is 0.175. The molecule has 1 aliphatic heterocycles. The summed E-state index contributed by atoms with van der Waals surface area (Å²) in [5.41, 5.74) is 0. The number of hydrogen-bond donors (Lipinski definition) is 1. The number of aliphatic hydroxyl groups excluding tert-OH is 1. The average Bonchev–Trinajstić information content (AvgIpc) is 3.22. The number of carbonyl (C=O) groups is 1. The van der Waals surface area contributed by atoms with Gasteiger partial charge in [0.05, 0.1) is 30.8 Å². The summed E-state index contributed by atoms with van der Waals surface area (Å²) in [5.74, 6) is 0.946. The fourth-order valence-electron chi connectivity index (χ4n) is 3.48. The first-order valence-electron chi connectivity index (χ1n) is 9.46. The normalized spacial score (nSPS) is 34.2. The molecule has 1 heterocycles. The molecule has 5 nitrogen and oxygen atoms in total. The second-order valence-electron chi connectivity index (χ2n) is 7.91. The monoisotopic (exact) mass is 342 g/mol. The lowest BCUT2D eigenvalue weighted by atomic mass is 9.79. The molecule has 6 atom stereocenters. The van der Waals surface area contributed by atoms with Gasteiger partial charge in [-0.1, -0.05) is 20.8 Å². The van der Waals surface area contributed by atoms with E-state index >= 15 is 0 Å². The predicted molar refractivity (Wildman–Crippen MR) is 91.6 cm³/mol. The Labute approximate surface area is 146 Å². The molecule has 0 radical (unpaired) electrons. The maximum absolute atomic E-state index is 12.1. The van der Waals surface area contributed by atoms with Crippen LogP contribution in [0.15, 0.2) is 0 Å². The van der Waals surface area contributed by atoms with Crippen LogP contribution in [0.25, 0.3) is 0 Å². The zero-order valence-corrected chi connectivity index (χ0v) is 15.6. The first-order chi connectivity index (χ1) is 11.4. The highest BCUT2D eigenvalue weighted by molar-refractivity contribution is 5.72. The van der Waals surface area contributed by atoms with Crippen LogP contribution in [0, 0.1) is 23.7 Å². The molecule has 2 fully saturated rings. The lowest BCUT2D eigenvalue weighted by molar-refractivity contribution is -0.155. The van der Waals surface area contributed by atoms with Crippen LogP contribution in [0.3, 0.4) is 0 Å². The van der Waals surface area contributed by atoms with Crippen LogP contribution in [-0.4, -0.2) is 49.2 Å². The van der Waals surface area contributed by atoms with E-state index in [1.807, 2.05) is 0 Å². The van der Waals surface area contributed by atoms with E-state index in [4.69, 9.17) is 14.2 Å². The molecule has 24 heavy (non-hydrogen) atoms. The molecule has 0 spiro atoms. The molecule has 1 N–H and O–H groups in total. The Morgan fingerprint density at radius 1 is 1.25 bits per heavy atom. The van der Waals surface area contributed by atoms with Crippen LogP contribution in [0.1, 0.15) is 53.4 Å². The second-order valence-corrected chi connectivity index (χ2v) is 7.91. The second kappa shape index (κ2) is 9.16. The van der Waals surface area contributed by atoms with Gasteiger partial charge in [-0.3, -0.25) is 4.79 Å². The van der Waals surface area contributed by atoms with Crippen molar-refractivity contribution >= 4 is 5.97 Å². The van der Waals surface area contributed by atoms with Gasteiger partial charge in [0, 0.05) is 6.61 Å². The number of rotatable bonds is 9. The van der Waals surface area contributed by atoms with Gasteiger partial charge in [0.2, 0.25) is 0 Å². The number of ether oxygens (including phenoxy) is 3. The van der Waals surface area contributed by atoms with Crippen LogP contribution < -0.4 is 0 Å². The van der Waals surface area contributed by atoms with Gasteiger partial charge < -0.3 is 19.3 Å². The van der Waals surface area contributed by atoms with Crippen molar-refractivity contribution in [2.24, 2.45) is 23.7 Å². The maximum atomic E-state index is 12.1. The van der Waals surface area contributed by atoms with Gasteiger partial charge in [-0.25, -0.2) is 0 Å². The Kier molecular flexibility index (Phi) is 7.51. The van der Waals surface area contributed by atoms with E-state index in [1.54, 1.807) is 0 Å². The van der Waals surface area contributed by atoms with Crippen molar-refractivity contribution in [1.29, 1.82) is 0 Å². The highest BCUT2D eigenvalue weighted by Gasteiger charge is 2.36. The Balaban J connectivity index is 1.60. The topological polar surface area (TPSA) is 68.3 Å². The van der Waals surface area contributed by atoms with E-state index in [9.17, 15) is 9.90 Å². The number of carbonyl (C=O) groups excluding carboxylic acids is 1. The predicted octanol–water partition coefficient (Wildman–Crippen LogP) is 2.79. The van der Waals surface area contributed by atoms with Crippen molar-refractivity contribution < 1.29 is 24.1 Å². The van der Waals surface area contributed by atoms with Crippen molar-refractivity contribution in [2.75, 3.05) is 19.8 Å². The summed E-state index contributed by atoms with van der Waals surface area (Å²) in [6.45, 7) is 9.97. The van der Waals surface area contributed by atoms with Gasteiger partial charge in [0.25, 0.3) is 0 Å². The third-order valence-electron chi connectivity index (χ3n) is 5.59. The fraction of sp³-hybridized carbons (Fsp3) is 0.947. The summed E-state index contributed by atoms with van der Waals surface area (Å²) in [5, 5.41) is 9.72. The van der Waals surface area contributed by atoms with Crippen LogP contribution in [-0.2, 0) is 19.0 Å². The molecule has 0 aromatic rings. The van der Waals surface area contributed by atoms with E-state index in [-0.39, 0.29) is 23.9 Å². The molecular formula is C19H34O5. The molecular weight excluding hydrogens is 308 g/mol.